The van der Waals surface area contributed by atoms with E-state index >= 15 is 0 Å². The minimum absolute atomic E-state index is 0.0582. The van der Waals surface area contributed by atoms with Gasteiger partial charge in [-0.05, 0) is 70.7 Å². The SMILES string of the molecule is CC(C)N1CC[C@H]2CC[C@@H](C(=O)N[C@H](C)CCC(N)=O)N2C(=O)[C@@H](NC(=O)c2cc3cc(C(=O)P(C)(=O)O)ccc3[nH]2)C1. The summed E-state index contributed by atoms with van der Waals surface area (Å²) < 4.78 is 11.8. The first-order valence-electron chi connectivity index (χ1n) is 14.6. The first-order chi connectivity index (χ1) is 20.1. The number of nitrogens with one attached hydrogen (secondary N) is 3. The lowest BCUT2D eigenvalue weighted by atomic mass is 10.1. The standard InChI is InChI=1S/C29H41N6O7P/c1-16(2)34-12-11-20-7-9-24(27(38)31-17(3)5-10-25(30)36)35(20)28(39)23(15-34)33-26(37)22-14-19-13-18(6-8-21(19)32-22)29(40)43(4,41)42/h6,8,13-14,16-17,20,23-24,32H,5,7,9-12,15H2,1-4H3,(H2,30,36)(H,31,38)(H,33,37)(H,41,42)/t17-,20-,23+,24+/m1/s1. The zero-order chi connectivity index (χ0) is 31.6. The van der Waals surface area contributed by atoms with Crippen molar-refractivity contribution in [2.75, 3.05) is 19.8 Å². The van der Waals surface area contributed by atoms with Gasteiger partial charge in [0.2, 0.25) is 23.2 Å². The highest BCUT2D eigenvalue weighted by atomic mass is 31.2. The highest BCUT2D eigenvalue weighted by Gasteiger charge is 2.45. The number of aromatic nitrogens is 1. The van der Waals surface area contributed by atoms with Gasteiger partial charge in [-0.2, -0.15) is 0 Å². The van der Waals surface area contributed by atoms with Crippen molar-refractivity contribution in [2.24, 2.45) is 5.73 Å². The van der Waals surface area contributed by atoms with E-state index in [4.69, 9.17) is 5.73 Å². The Labute approximate surface area is 250 Å². The van der Waals surface area contributed by atoms with Crippen LogP contribution in [0.15, 0.2) is 24.3 Å². The molecule has 4 amide bonds. The summed E-state index contributed by atoms with van der Waals surface area (Å²) in [4.78, 5) is 80.7. The number of benzene rings is 1. The van der Waals surface area contributed by atoms with Crippen LogP contribution < -0.4 is 16.4 Å². The maximum atomic E-state index is 14.1. The Hall–Kier alpha value is -3.54. The Bertz CT molecular complexity index is 1470. The molecule has 13 nitrogen and oxygen atoms in total. The first-order valence-corrected chi connectivity index (χ1v) is 16.7. The quantitative estimate of drug-likeness (QED) is 0.248. The molecule has 0 saturated carbocycles. The number of hydrogen-bond donors (Lipinski definition) is 5. The molecule has 2 fully saturated rings. The van der Waals surface area contributed by atoms with Crippen LogP contribution in [0.2, 0.25) is 0 Å². The molecule has 2 aliphatic rings. The van der Waals surface area contributed by atoms with E-state index in [-0.39, 0.29) is 54.2 Å². The number of primary amides is 1. The maximum absolute atomic E-state index is 14.1. The molecule has 3 heterocycles. The summed E-state index contributed by atoms with van der Waals surface area (Å²) in [6.07, 6.45) is 2.39. The molecule has 0 aliphatic carbocycles. The van der Waals surface area contributed by atoms with E-state index in [9.17, 15) is 33.4 Å². The molecule has 1 aromatic heterocycles. The van der Waals surface area contributed by atoms with Crippen LogP contribution in [0, 0.1) is 0 Å². The molecular weight excluding hydrogens is 575 g/mol. The third-order valence-electron chi connectivity index (χ3n) is 8.26. The Morgan fingerprint density at radius 2 is 1.86 bits per heavy atom. The Kier molecular flexibility index (Phi) is 9.78. The van der Waals surface area contributed by atoms with Crippen LogP contribution in [0.25, 0.3) is 10.9 Å². The largest absolute Gasteiger partial charge is 0.370 e. The second-order valence-corrected chi connectivity index (χ2v) is 14.1. The summed E-state index contributed by atoms with van der Waals surface area (Å²) in [5.41, 5.74) is 5.12. The monoisotopic (exact) mass is 616 g/mol. The fourth-order valence-electron chi connectivity index (χ4n) is 5.87. The molecule has 5 atom stereocenters. The van der Waals surface area contributed by atoms with Crippen LogP contribution >= 0.6 is 7.37 Å². The number of amides is 4. The maximum Gasteiger partial charge on any atom is 0.268 e. The van der Waals surface area contributed by atoms with Crippen molar-refractivity contribution >= 4 is 47.4 Å². The van der Waals surface area contributed by atoms with Crippen molar-refractivity contribution < 1.29 is 33.4 Å². The number of aromatic amines is 1. The van der Waals surface area contributed by atoms with Gasteiger partial charge in [-0.3, -0.25) is 33.4 Å². The summed E-state index contributed by atoms with van der Waals surface area (Å²) in [5.74, 6) is -1.61. The van der Waals surface area contributed by atoms with E-state index in [0.29, 0.717) is 43.1 Å². The fourth-order valence-corrected chi connectivity index (χ4v) is 6.48. The van der Waals surface area contributed by atoms with Gasteiger partial charge in [0, 0.05) is 60.8 Å². The average Bonchev–Trinajstić information content (AvgIpc) is 3.55. The van der Waals surface area contributed by atoms with Crippen molar-refractivity contribution in [3.8, 4) is 0 Å². The molecule has 1 aromatic carbocycles. The zero-order valence-corrected chi connectivity index (χ0v) is 25.9. The molecule has 0 bridgehead atoms. The molecule has 2 aliphatic heterocycles. The van der Waals surface area contributed by atoms with Gasteiger partial charge in [0.15, 0.2) is 0 Å². The summed E-state index contributed by atoms with van der Waals surface area (Å²) in [6, 6.07) is 3.99. The molecular formula is C29H41N6O7P. The topological polar surface area (TPSA) is 195 Å². The third-order valence-corrected chi connectivity index (χ3v) is 9.27. The highest BCUT2D eigenvalue weighted by molar-refractivity contribution is 7.75. The smallest absolute Gasteiger partial charge is 0.268 e. The molecule has 1 unspecified atom stereocenters. The van der Waals surface area contributed by atoms with E-state index in [0.717, 1.165) is 6.66 Å². The molecule has 2 aromatic rings. The number of hydrogen-bond acceptors (Lipinski definition) is 7. The molecule has 6 N–H and O–H groups in total. The highest BCUT2D eigenvalue weighted by Crippen LogP contribution is 2.40. The van der Waals surface area contributed by atoms with Crippen LogP contribution in [-0.2, 0) is 18.9 Å². The Balaban J connectivity index is 1.55. The molecule has 0 spiro atoms. The number of nitrogens with two attached hydrogens (primary N) is 1. The summed E-state index contributed by atoms with van der Waals surface area (Å²) in [5, 5.41) is 6.28. The van der Waals surface area contributed by atoms with Crippen molar-refractivity contribution in [3.05, 3.63) is 35.5 Å². The van der Waals surface area contributed by atoms with E-state index in [2.05, 4.69) is 20.5 Å². The van der Waals surface area contributed by atoms with E-state index < -0.39 is 36.8 Å². The van der Waals surface area contributed by atoms with Crippen LogP contribution in [-0.4, -0.2) is 98.8 Å². The average molecular weight is 617 g/mol. The lowest BCUT2D eigenvalue weighted by molar-refractivity contribution is -0.143. The van der Waals surface area contributed by atoms with E-state index in [1.54, 1.807) is 17.9 Å². The Morgan fingerprint density at radius 3 is 2.51 bits per heavy atom. The van der Waals surface area contributed by atoms with Gasteiger partial charge in [0.1, 0.15) is 17.8 Å². The van der Waals surface area contributed by atoms with Crippen molar-refractivity contribution in [2.45, 2.75) is 83.1 Å². The summed E-state index contributed by atoms with van der Waals surface area (Å²) in [7, 11) is -3.98. The van der Waals surface area contributed by atoms with Gasteiger partial charge in [0.25, 0.3) is 13.3 Å². The fraction of sp³-hybridized carbons (Fsp3) is 0.552. The van der Waals surface area contributed by atoms with Crippen molar-refractivity contribution in [3.63, 3.8) is 0 Å². The van der Waals surface area contributed by atoms with Gasteiger partial charge in [-0.15, -0.1) is 0 Å². The lowest BCUT2D eigenvalue weighted by Gasteiger charge is -2.40. The van der Waals surface area contributed by atoms with Crippen LogP contribution in [0.5, 0.6) is 0 Å². The minimum Gasteiger partial charge on any atom is -0.370 e. The van der Waals surface area contributed by atoms with Gasteiger partial charge in [-0.1, -0.05) is 0 Å². The summed E-state index contributed by atoms with van der Waals surface area (Å²) in [6.45, 7) is 7.77. The van der Waals surface area contributed by atoms with Crippen molar-refractivity contribution in [1.29, 1.82) is 0 Å². The number of nitrogens with zero attached hydrogens (tertiary/aromatic N) is 2. The van der Waals surface area contributed by atoms with Gasteiger partial charge in [-0.25, -0.2) is 0 Å². The van der Waals surface area contributed by atoms with Crippen LogP contribution in [0.1, 0.15) is 73.7 Å². The second-order valence-electron chi connectivity index (χ2n) is 12.0. The Morgan fingerprint density at radius 1 is 1.14 bits per heavy atom. The van der Waals surface area contributed by atoms with E-state index in [1.165, 1.54) is 18.2 Å². The second kappa shape index (κ2) is 13.0. The van der Waals surface area contributed by atoms with Crippen LogP contribution in [0.3, 0.4) is 0 Å². The number of fused-ring (bicyclic) bond motifs is 2. The number of H-pyrrole nitrogens is 1. The number of carbonyl (C=O) groups is 5. The third kappa shape index (κ3) is 7.52. The van der Waals surface area contributed by atoms with Crippen molar-refractivity contribution in [1.82, 2.24) is 25.4 Å². The van der Waals surface area contributed by atoms with E-state index in [1.807, 2.05) is 13.8 Å². The molecule has 4 rings (SSSR count). The number of carbonyl (C=O) groups excluding carboxylic acids is 5. The zero-order valence-electron chi connectivity index (χ0n) is 25.0. The van der Waals surface area contributed by atoms with Crippen LogP contribution in [0.4, 0.5) is 0 Å². The van der Waals surface area contributed by atoms with Gasteiger partial charge < -0.3 is 31.1 Å². The number of rotatable bonds is 10. The molecule has 0 radical (unpaired) electrons. The lowest BCUT2D eigenvalue weighted by Crippen LogP contribution is -2.61. The molecule has 43 heavy (non-hydrogen) atoms. The summed E-state index contributed by atoms with van der Waals surface area (Å²) >= 11 is 0. The van der Waals surface area contributed by atoms with Gasteiger partial charge >= 0.3 is 0 Å². The predicted molar refractivity (Wildman–Crippen MR) is 161 cm³/mol. The molecule has 2 saturated heterocycles. The minimum atomic E-state index is -3.98. The first kappa shape index (κ1) is 32.4. The van der Waals surface area contributed by atoms with Gasteiger partial charge in [0.05, 0.1) is 0 Å². The molecule has 234 valence electrons. The molecule has 14 heteroatoms. The predicted octanol–water partition coefficient (Wildman–Crippen LogP) is 1.55. The normalized spacial score (nSPS) is 23.3.